The van der Waals surface area contributed by atoms with Gasteiger partial charge in [0.2, 0.25) is 16.0 Å². The molecule has 3 N–H and O–H groups in total. The number of amides is 1. The molecule has 0 unspecified atom stereocenters. The Bertz CT molecular complexity index is 1930. The van der Waals surface area contributed by atoms with Gasteiger partial charge in [0, 0.05) is 70.2 Å². The van der Waals surface area contributed by atoms with Crippen molar-refractivity contribution < 1.29 is 31.1 Å². The summed E-state index contributed by atoms with van der Waals surface area (Å²) >= 11 is 0. The minimum absolute atomic E-state index is 0.0716. The van der Waals surface area contributed by atoms with Gasteiger partial charge in [-0.15, -0.1) is 0 Å². The summed E-state index contributed by atoms with van der Waals surface area (Å²) in [5.41, 5.74) is 1.92. The third kappa shape index (κ3) is 9.74. The lowest BCUT2D eigenvalue weighted by atomic mass is 9.89. The Labute approximate surface area is 315 Å². The van der Waals surface area contributed by atoms with Crippen molar-refractivity contribution in [2.45, 2.75) is 77.2 Å². The largest absolute Gasteiger partial charge is 0.495 e. The molecule has 2 aliphatic carbocycles. The first-order chi connectivity index (χ1) is 25.6. The summed E-state index contributed by atoms with van der Waals surface area (Å²) in [6, 6.07) is 8.97. The highest BCUT2D eigenvalue weighted by Crippen LogP contribution is 2.37. The minimum atomic E-state index is -4.77. The fourth-order valence-electron chi connectivity index (χ4n) is 7.40. The first-order valence-electron chi connectivity index (χ1n) is 18.5. The fraction of sp³-hybridized carbons (Fsp3) is 0.553. The van der Waals surface area contributed by atoms with Crippen molar-refractivity contribution in [3.63, 3.8) is 0 Å². The van der Waals surface area contributed by atoms with E-state index in [1.807, 2.05) is 0 Å². The molecule has 0 bridgehead atoms. The quantitative estimate of drug-likeness (QED) is 0.192. The molecule has 294 valence electrons. The highest BCUT2D eigenvalue weighted by Gasteiger charge is 2.36. The number of benzene rings is 2. The van der Waals surface area contributed by atoms with Crippen LogP contribution in [-0.2, 0) is 22.7 Å². The molecule has 6 rings (SSSR count). The van der Waals surface area contributed by atoms with Crippen molar-refractivity contribution in [1.82, 2.24) is 25.1 Å². The summed E-state index contributed by atoms with van der Waals surface area (Å²) in [7, 11) is -0.809. The van der Waals surface area contributed by atoms with Gasteiger partial charge in [-0.25, -0.2) is 13.4 Å². The topological polar surface area (TPSA) is 132 Å². The van der Waals surface area contributed by atoms with E-state index >= 15 is 0 Å². The van der Waals surface area contributed by atoms with Crippen molar-refractivity contribution >= 4 is 39.1 Å². The number of ether oxygens (including phenoxy) is 1. The van der Waals surface area contributed by atoms with Crippen LogP contribution in [0.15, 0.2) is 36.5 Å². The first kappa shape index (κ1) is 39.5. The second-order valence-corrected chi connectivity index (χ2v) is 16.9. The van der Waals surface area contributed by atoms with Gasteiger partial charge in [0.25, 0.3) is 5.91 Å². The number of piperazine rings is 1. The minimum Gasteiger partial charge on any atom is -0.495 e. The zero-order valence-electron chi connectivity index (χ0n) is 31.6. The number of alkyl halides is 3. The number of nitrogens with one attached hydrogen (secondary N) is 3. The number of aryl methyl sites for hydroxylation is 2. The van der Waals surface area contributed by atoms with Gasteiger partial charge in [-0.1, -0.05) is 12.1 Å². The van der Waals surface area contributed by atoms with Crippen LogP contribution in [0.4, 0.5) is 36.3 Å². The van der Waals surface area contributed by atoms with Gasteiger partial charge in [-0.05, 0) is 93.2 Å². The summed E-state index contributed by atoms with van der Waals surface area (Å²) in [6.45, 7) is 9.19. The molecule has 16 heteroatoms. The van der Waals surface area contributed by atoms with Crippen LogP contribution in [0.1, 0.15) is 71.1 Å². The van der Waals surface area contributed by atoms with Crippen LogP contribution in [0.2, 0.25) is 0 Å². The number of anilines is 4. The molecule has 3 aromatic rings. The summed E-state index contributed by atoms with van der Waals surface area (Å²) in [4.78, 5) is 26.8. The molecular formula is C38H51F3N8O4S. The van der Waals surface area contributed by atoms with Gasteiger partial charge in [0.15, 0.2) is 0 Å². The molecule has 3 fully saturated rings. The van der Waals surface area contributed by atoms with Crippen LogP contribution in [0.5, 0.6) is 5.75 Å². The van der Waals surface area contributed by atoms with E-state index in [2.05, 4.69) is 35.7 Å². The Kier molecular flexibility index (Phi) is 11.9. The number of sulfonamides is 1. The van der Waals surface area contributed by atoms with Gasteiger partial charge in [-0.3, -0.25) is 14.0 Å². The molecule has 12 nitrogen and oxygen atoms in total. The van der Waals surface area contributed by atoms with Crippen LogP contribution < -0.4 is 25.0 Å². The predicted molar refractivity (Wildman–Crippen MR) is 204 cm³/mol. The van der Waals surface area contributed by atoms with Crippen molar-refractivity contribution in [3.05, 3.63) is 64.3 Å². The lowest BCUT2D eigenvalue weighted by Gasteiger charge is -2.42. The molecular weight excluding hydrogens is 722 g/mol. The van der Waals surface area contributed by atoms with Crippen molar-refractivity contribution in [2.75, 3.05) is 68.1 Å². The standard InChI is InChI=1S/C38H51F3N8O4S/c1-24-6-9-27(33(18-24)47(3)54(5,51)52)21-42-35-31(38(39,40)41)22-43-37(46-35)45-32-19-25(2)30(20-34(32)53-4)36(50)44-28-10-12-29(13-11-28)49-16-14-48(15-17-49)23-26-7-8-26/h6,9,18-20,22,26,28-29H,7-8,10-17,21,23H2,1-5H3,(H,44,50)(H2,42,43,45,46). The van der Waals surface area contributed by atoms with Gasteiger partial charge in [0.1, 0.15) is 17.1 Å². The number of hydrogen-bond donors (Lipinski definition) is 3. The summed E-state index contributed by atoms with van der Waals surface area (Å²) in [5, 5.41) is 8.91. The van der Waals surface area contributed by atoms with Gasteiger partial charge in [0.05, 0.1) is 24.7 Å². The maximum atomic E-state index is 14.1. The van der Waals surface area contributed by atoms with E-state index < -0.39 is 27.6 Å². The summed E-state index contributed by atoms with van der Waals surface area (Å²) < 4.78 is 73.5. The van der Waals surface area contributed by atoms with Gasteiger partial charge >= 0.3 is 6.18 Å². The number of carbonyl (C=O) groups is 1. The van der Waals surface area contributed by atoms with Gasteiger partial charge in [-0.2, -0.15) is 18.2 Å². The van der Waals surface area contributed by atoms with Crippen LogP contribution in [0, 0.1) is 19.8 Å². The third-order valence-electron chi connectivity index (χ3n) is 10.8. The summed E-state index contributed by atoms with van der Waals surface area (Å²) in [6.07, 6.45) is 3.65. The number of halogens is 3. The number of methoxy groups -OCH3 is 1. The van der Waals surface area contributed by atoms with Crippen molar-refractivity contribution in [3.8, 4) is 5.75 Å². The molecule has 0 atom stereocenters. The average Bonchev–Trinajstić information content (AvgIpc) is 3.95. The highest BCUT2D eigenvalue weighted by atomic mass is 32.2. The van der Waals surface area contributed by atoms with Crippen molar-refractivity contribution in [2.24, 2.45) is 5.92 Å². The molecule has 1 aromatic heterocycles. The Morgan fingerprint density at radius 1 is 1.02 bits per heavy atom. The van der Waals surface area contributed by atoms with E-state index in [4.69, 9.17) is 4.74 Å². The van der Waals surface area contributed by atoms with Crippen LogP contribution in [0.25, 0.3) is 0 Å². The lowest BCUT2D eigenvalue weighted by Crippen LogP contribution is -2.52. The number of rotatable bonds is 13. The molecule has 0 spiro atoms. The zero-order valence-corrected chi connectivity index (χ0v) is 32.4. The Morgan fingerprint density at radius 3 is 2.35 bits per heavy atom. The van der Waals surface area contributed by atoms with E-state index in [9.17, 15) is 26.4 Å². The maximum Gasteiger partial charge on any atom is 0.421 e. The second kappa shape index (κ2) is 16.3. The van der Waals surface area contributed by atoms with E-state index in [0.29, 0.717) is 46.1 Å². The molecule has 1 saturated heterocycles. The van der Waals surface area contributed by atoms with Crippen LogP contribution in [-0.4, -0.2) is 99.3 Å². The monoisotopic (exact) mass is 772 g/mol. The maximum absolute atomic E-state index is 14.1. The Morgan fingerprint density at radius 2 is 1.72 bits per heavy atom. The molecule has 2 saturated carbocycles. The number of hydrogen-bond acceptors (Lipinski definition) is 10. The molecule has 1 amide bonds. The third-order valence-corrected chi connectivity index (χ3v) is 12.0. The average molecular weight is 773 g/mol. The highest BCUT2D eigenvalue weighted by molar-refractivity contribution is 7.92. The zero-order chi connectivity index (χ0) is 38.8. The molecule has 2 aromatic carbocycles. The molecule has 54 heavy (non-hydrogen) atoms. The lowest BCUT2D eigenvalue weighted by molar-refractivity contribution is -0.137. The summed E-state index contributed by atoms with van der Waals surface area (Å²) in [5.74, 6) is 0.372. The number of aromatic nitrogens is 2. The van der Waals surface area contributed by atoms with Crippen LogP contribution >= 0.6 is 0 Å². The smallest absolute Gasteiger partial charge is 0.421 e. The van der Waals surface area contributed by atoms with E-state index in [-0.39, 0.29) is 24.4 Å². The first-order valence-corrected chi connectivity index (χ1v) is 20.4. The Balaban J connectivity index is 1.11. The van der Waals surface area contributed by atoms with Gasteiger partial charge < -0.3 is 25.6 Å². The SMILES string of the molecule is COc1cc(C(=O)NC2CCC(N3CCN(CC4CC4)CC3)CC2)c(C)cc1Nc1ncc(C(F)(F)F)c(NCc2ccc(C)cc2N(C)S(C)(=O)=O)n1. The van der Waals surface area contributed by atoms with Crippen LogP contribution in [0.3, 0.4) is 0 Å². The fourth-order valence-corrected chi connectivity index (χ4v) is 7.93. The number of nitrogens with zero attached hydrogens (tertiary/aromatic N) is 5. The van der Waals surface area contributed by atoms with Crippen molar-refractivity contribution in [1.29, 1.82) is 0 Å². The second-order valence-electron chi connectivity index (χ2n) is 14.9. The normalized spacial score (nSPS) is 20.0. The molecule has 3 aliphatic rings. The number of carbonyl (C=O) groups excluding carboxylic acids is 1. The van der Waals surface area contributed by atoms with E-state index in [1.54, 1.807) is 44.2 Å². The molecule has 2 heterocycles. The molecule has 1 aliphatic heterocycles. The van der Waals surface area contributed by atoms with E-state index in [1.165, 1.54) is 33.5 Å². The Hall–Kier alpha value is -4.15. The predicted octanol–water partition coefficient (Wildman–Crippen LogP) is 5.94. The molecule has 0 radical (unpaired) electrons. The van der Waals surface area contributed by atoms with E-state index in [0.717, 1.165) is 73.9 Å².